The van der Waals surface area contributed by atoms with Gasteiger partial charge in [0, 0.05) is 29.3 Å². The molecule has 4 heterocycles. The fraction of sp³-hybridized carbons (Fsp3) is 0.429. The standard InChI is InChI=1S/C49H52F2N8O6/c1-24(2)39(56-46(62)64-5)44(60)58-23-48(15-16-48)21-38(58)42-52-22-37(55-42)28-9-13-32-31-12-8-26(18-33(31)49(50,51)34(32)19-28)27-10-14-35-36(20-27)54-43(53-35)41-29-7-11-30(17-29)59(41)45(61)40(25(3)4)57-47(63)65-6/h7-10,12-14,18-20,22,24-25,30,38-41H,11,15-17,21,23H2,1-6H3,(H,52,55)(H,53,54)(H,56,62)(H,57,63)/t30-,38+,39+,40+,41+/m1/s1. The third-order valence-electron chi connectivity index (χ3n) is 14.3. The van der Waals surface area contributed by atoms with Crippen molar-refractivity contribution in [2.75, 3.05) is 20.8 Å². The van der Waals surface area contributed by atoms with Crippen molar-refractivity contribution >= 4 is 35.0 Å². The van der Waals surface area contributed by atoms with Crippen LogP contribution in [0.3, 0.4) is 0 Å². The molecule has 5 aliphatic rings. The van der Waals surface area contributed by atoms with E-state index in [9.17, 15) is 19.2 Å². The van der Waals surface area contributed by atoms with Crippen molar-refractivity contribution in [3.63, 3.8) is 0 Å². The number of rotatable bonds is 10. The number of nitrogens with one attached hydrogen (secondary N) is 4. The Hall–Kier alpha value is -6.58. The Balaban J connectivity index is 0.898. The third-order valence-corrected chi connectivity index (χ3v) is 14.3. The van der Waals surface area contributed by atoms with Gasteiger partial charge in [0.2, 0.25) is 11.8 Å². The predicted molar refractivity (Wildman–Crippen MR) is 237 cm³/mol. The van der Waals surface area contributed by atoms with Crippen molar-refractivity contribution in [3.05, 3.63) is 95.2 Å². The normalized spacial score (nSPS) is 21.7. The SMILES string of the molecule is COC(=O)N[C@H](C(=O)N1CC2(CC2)C[C@H]1c1ncc(-c2ccc3c(c2)C(F)(F)c2cc(-c4ccc5nc([C@@H]6C7=CC[C@H](C7)N6C(=O)[C@@H](NC(=O)OC)C(C)C)[nH]c5c4)ccc2-3)[nH]1)C(C)C. The van der Waals surface area contributed by atoms with E-state index in [0.717, 1.165) is 43.2 Å². The monoisotopic (exact) mass is 886 g/mol. The van der Waals surface area contributed by atoms with Crippen LogP contribution < -0.4 is 10.6 Å². The van der Waals surface area contributed by atoms with Gasteiger partial charge in [0.15, 0.2) is 0 Å². The maximum absolute atomic E-state index is 16.7. The van der Waals surface area contributed by atoms with Crippen LogP contribution in [0.4, 0.5) is 18.4 Å². The summed E-state index contributed by atoms with van der Waals surface area (Å²) in [4.78, 5) is 72.4. The number of nitrogens with zero attached hydrogens (tertiary/aromatic N) is 4. The number of H-pyrrole nitrogens is 2. The Bertz CT molecular complexity index is 2810. The van der Waals surface area contributed by atoms with Crippen molar-refractivity contribution < 1.29 is 37.4 Å². The van der Waals surface area contributed by atoms with E-state index in [1.807, 2.05) is 62.9 Å². The van der Waals surface area contributed by atoms with Crippen LogP contribution in [0.25, 0.3) is 44.5 Å². The highest BCUT2D eigenvalue weighted by Crippen LogP contribution is 2.59. The van der Waals surface area contributed by atoms with E-state index in [1.165, 1.54) is 20.3 Å². The number of imidazole rings is 2. The number of benzene rings is 3. The average molecular weight is 887 g/mol. The van der Waals surface area contributed by atoms with Crippen LogP contribution >= 0.6 is 0 Å². The molecule has 10 rings (SSSR count). The first-order chi connectivity index (χ1) is 31.1. The number of likely N-dealkylation sites (tertiary alicyclic amines) is 2. The van der Waals surface area contributed by atoms with Crippen LogP contribution in [-0.4, -0.2) is 92.6 Å². The van der Waals surface area contributed by atoms with Gasteiger partial charge < -0.3 is 39.9 Å². The molecule has 16 heteroatoms. The molecule has 14 nitrogen and oxygen atoms in total. The van der Waals surface area contributed by atoms with Crippen LogP contribution in [0.5, 0.6) is 0 Å². The number of ether oxygens (including phenoxy) is 2. The molecule has 2 aromatic heterocycles. The molecule has 5 atom stereocenters. The first kappa shape index (κ1) is 42.4. The Morgan fingerprint density at radius 1 is 0.800 bits per heavy atom. The van der Waals surface area contributed by atoms with Gasteiger partial charge in [-0.05, 0) is 101 Å². The lowest BCUT2D eigenvalue weighted by Gasteiger charge is -2.35. The molecule has 0 unspecified atom stereocenters. The summed E-state index contributed by atoms with van der Waals surface area (Å²) in [6, 6.07) is 13.4. The molecule has 3 fully saturated rings. The molecular formula is C49H52F2N8O6. The summed E-state index contributed by atoms with van der Waals surface area (Å²) in [5.74, 6) is -2.89. The molecule has 2 aliphatic heterocycles. The number of carbonyl (C=O) groups excluding carboxylic acids is 4. The summed E-state index contributed by atoms with van der Waals surface area (Å²) in [5, 5.41) is 5.41. The van der Waals surface area contributed by atoms with Gasteiger partial charge in [0.1, 0.15) is 29.8 Å². The molecule has 5 aromatic rings. The second-order valence-electron chi connectivity index (χ2n) is 19.1. The van der Waals surface area contributed by atoms with E-state index in [1.54, 1.807) is 29.3 Å². The molecule has 1 spiro atoms. The fourth-order valence-corrected chi connectivity index (χ4v) is 10.5. The molecule has 4 N–H and O–H groups in total. The second kappa shape index (κ2) is 15.5. The number of hydrogen-bond donors (Lipinski definition) is 4. The number of halogens is 2. The van der Waals surface area contributed by atoms with Crippen LogP contribution in [0.15, 0.2) is 72.4 Å². The molecule has 3 aromatic carbocycles. The molecular weight excluding hydrogens is 835 g/mol. The van der Waals surface area contributed by atoms with Crippen LogP contribution in [0.1, 0.15) is 94.7 Å². The van der Waals surface area contributed by atoms with E-state index in [2.05, 4.69) is 26.7 Å². The summed E-state index contributed by atoms with van der Waals surface area (Å²) in [5.41, 5.74) is 5.65. The summed E-state index contributed by atoms with van der Waals surface area (Å²) in [6.45, 7) is 8.05. The molecule has 2 saturated heterocycles. The van der Waals surface area contributed by atoms with Crippen LogP contribution in [-0.2, 0) is 25.0 Å². The Labute approximate surface area is 374 Å². The number of hydrogen-bond acceptors (Lipinski definition) is 8. The fourth-order valence-electron chi connectivity index (χ4n) is 10.5. The Morgan fingerprint density at radius 2 is 1.42 bits per heavy atom. The molecule has 65 heavy (non-hydrogen) atoms. The molecule has 2 bridgehead atoms. The van der Waals surface area contributed by atoms with Crippen molar-refractivity contribution in [2.24, 2.45) is 17.3 Å². The molecule has 0 radical (unpaired) electrons. The van der Waals surface area contributed by atoms with Gasteiger partial charge in [-0.1, -0.05) is 64.1 Å². The van der Waals surface area contributed by atoms with Crippen molar-refractivity contribution in [3.8, 4) is 33.5 Å². The number of aromatic amines is 2. The van der Waals surface area contributed by atoms with Gasteiger partial charge in [0.25, 0.3) is 5.92 Å². The molecule has 1 saturated carbocycles. The summed E-state index contributed by atoms with van der Waals surface area (Å²) in [6.07, 6.45) is 6.61. The van der Waals surface area contributed by atoms with Gasteiger partial charge in [-0.25, -0.2) is 19.6 Å². The predicted octanol–water partition coefficient (Wildman–Crippen LogP) is 8.53. The van der Waals surface area contributed by atoms with Gasteiger partial charge in [-0.2, -0.15) is 8.78 Å². The highest BCUT2D eigenvalue weighted by molar-refractivity contribution is 5.90. The number of methoxy groups -OCH3 is 2. The smallest absolute Gasteiger partial charge is 0.407 e. The molecule has 4 amide bonds. The average Bonchev–Trinajstić information content (AvgIpc) is 3.95. The lowest BCUT2D eigenvalue weighted by molar-refractivity contribution is -0.137. The third kappa shape index (κ3) is 7.12. The minimum absolute atomic E-state index is 0.00820. The number of alkyl halides is 2. The molecule has 338 valence electrons. The highest BCUT2D eigenvalue weighted by atomic mass is 19.3. The Morgan fingerprint density at radius 3 is 2.06 bits per heavy atom. The van der Waals surface area contributed by atoms with Crippen molar-refractivity contribution in [2.45, 2.75) is 95.9 Å². The quantitative estimate of drug-likeness (QED) is 0.101. The molecule has 3 aliphatic carbocycles. The maximum atomic E-state index is 16.7. The van der Waals surface area contributed by atoms with E-state index in [4.69, 9.17) is 19.4 Å². The van der Waals surface area contributed by atoms with E-state index in [-0.39, 0.29) is 52.3 Å². The van der Waals surface area contributed by atoms with Gasteiger partial charge in [-0.15, -0.1) is 0 Å². The summed E-state index contributed by atoms with van der Waals surface area (Å²) in [7, 11) is 2.53. The topological polar surface area (TPSA) is 175 Å². The van der Waals surface area contributed by atoms with Gasteiger partial charge >= 0.3 is 12.2 Å². The first-order valence-corrected chi connectivity index (χ1v) is 22.3. The zero-order chi connectivity index (χ0) is 45.7. The highest BCUT2D eigenvalue weighted by Gasteiger charge is 2.55. The van der Waals surface area contributed by atoms with E-state index in [0.29, 0.717) is 57.2 Å². The van der Waals surface area contributed by atoms with Gasteiger partial charge in [-0.3, -0.25) is 9.59 Å². The largest absolute Gasteiger partial charge is 0.453 e. The van der Waals surface area contributed by atoms with Crippen molar-refractivity contribution in [1.29, 1.82) is 0 Å². The zero-order valence-corrected chi connectivity index (χ0v) is 37.1. The number of amides is 4. The van der Waals surface area contributed by atoms with Gasteiger partial charge in [0.05, 0.1) is 43.2 Å². The summed E-state index contributed by atoms with van der Waals surface area (Å²) < 4.78 is 43.0. The lowest BCUT2D eigenvalue weighted by atomic mass is 9.98. The van der Waals surface area contributed by atoms with E-state index >= 15 is 8.78 Å². The second-order valence-corrected chi connectivity index (χ2v) is 19.1. The maximum Gasteiger partial charge on any atom is 0.407 e. The Kier molecular flexibility index (Phi) is 10.1. The number of fused-ring (bicyclic) bond motifs is 6. The minimum Gasteiger partial charge on any atom is -0.453 e. The number of carbonyl (C=O) groups is 4. The number of alkyl carbamates (subject to hydrolysis) is 2. The first-order valence-electron chi connectivity index (χ1n) is 22.3. The van der Waals surface area contributed by atoms with Crippen LogP contribution in [0, 0.1) is 17.3 Å². The van der Waals surface area contributed by atoms with Crippen LogP contribution in [0.2, 0.25) is 0 Å². The zero-order valence-electron chi connectivity index (χ0n) is 37.1. The summed E-state index contributed by atoms with van der Waals surface area (Å²) >= 11 is 0. The lowest BCUT2D eigenvalue weighted by Crippen LogP contribution is -2.53. The van der Waals surface area contributed by atoms with Crippen molar-refractivity contribution in [1.82, 2.24) is 40.4 Å². The number of aromatic nitrogens is 4. The van der Waals surface area contributed by atoms with E-state index < -0.39 is 36.2 Å². The minimum atomic E-state index is -3.29.